The summed E-state index contributed by atoms with van der Waals surface area (Å²) in [5.41, 5.74) is 0.467. The van der Waals surface area contributed by atoms with E-state index in [4.69, 9.17) is 27.9 Å². The SMILES string of the molecule is CCCCCCOCC(=O)c1ccc(Cl)cc1Cl. The fourth-order valence-corrected chi connectivity index (χ4v) is 2.10. The predicted molar refractivity (Wildman–Crippen MR) is 75.8 cm³/mol. The van der Waals surface area contributed by atoms with Gasteiger partial charge in [-0.2, -0.15) is 0 Å². The van der Waals surface area contributed by atoms with Crippen molar-refractivity contribution in [1.29, 1.82) is 0 Å². The lowest BCUT2D eigenvalue weighted by molar-refractivity contribution is 0.0752. The second-order valence-electron chi connectivity index (χ2n) is 4.16. The number of carbonyl (C=O) groups is 1. The molecule has 0 aliphatic carbocycles. The molecule has 0 spiro atoms. The molecule has 100 valence electrons. The first-order valence-corrected chi connectivity index (χ1v) is 6.96. The van der Waals surface area contributed by atoms with Gasteiger partial charge in [0.1, 0.15) is 6.61 Å². The summed E-state index contributed by atoms with van der Waals surface area (Å²) in [4.78, 5) is 11.8. The van der Waals surface area contributed by atoms with E-state index in [1.54, 1.807) is 18.2 Å². The summed E-state index contributed by atoms with van der Waals surface area (Å²) in [6.45, 7) is 2.86. The molecule has 4 heteroatoms. The molecule has 1 aromatic carbocycles. The minimum Gasteiger partial charge on any atom is -0.373 e. The van der Waals surface area contributed by atoms with E-state index in [9.17, 15) is 4.79 Å². The van der Waals surface area contributed by atoms with Crippen LogP contribution in [0.3, 0.4) is 0 Å². The van der Waals surface area contributed by atoms with Crippen LogP contribution in [-0.2, 0) is 4.74 Å². The van der Waals surface area contributed by atoms with Crippen LogP contribution in [0.2, 0.25) is 10.0 Å². The monoisotopic (exact) mass is 288 g/mol. The zero-order valence-electron chi connectivity index (χ0n) is 10.5. The smallest absolute Gasteiger partial charge is 0.189 e. The number of carbonyl (C=O) groups excluding carboxylic acids is 1. The van der Waals surface area contributed by atoms with E-state index in [1.807, 2.05) is 0 Å². The van der Waals surface area contributed by atoms with Crippen LogP contribution in [0.25, 0.3) is 0 Å². The first kappa shape index (κ1) is 15.5. The highest BCUT2D eigenvalue weighted by Crippen LogP contribution is 2.21. The molecule has 0 aliphatic heterocycles. The predicted octanol–water partition coefficient (Wildman–Crippen LogP) is 4.77. The van der Waals surface area contributed by atoms with Crippen molar-refractivity contribution in [3.8, 4) is 0 Å². The van der Waals surface area contributed by atoms with E-state index in [1.165, 1.54) is 12.8 Å². The Labute approximate surface area is 118 Å². The van der Waals surface area contributed by atoms with Crippen molar-refractivity contribution in [3.63, 3.8) is 0 Å². The molecule has 2 nitrogen and oxygen atoms in total. The first-order chi connectivity index (χ1) is 8.65. The van der Waals surface area contributed by atoms with Gasteiger partial charge in [0.2, 0.25) is 0 Å². The van der Waals surface area contributed by atoms with Crippen LogP contribution in [0, 0.1) is 0 Å². The molecular formula is C14H18Cl2O2. The van der Waals surface area contributed by atoms with Gasteiger partial charge >= 0.3 is 0 Å². The summed E-state index contributed by atoms with van der Waals surface area (Å²) >= 11 is 11.7. The molecule has 0 N–H and O–H groups in total. The molecular weight excluding hydrogens is 271 g/mol. The van der Waals surface area contributed by atoms with E-state index in [0.717, 1.165) is 12.8 Å². The average Bonchev–Trinajstić information content (AvgIpc) is 2.33. The highest BCUT2D eigenvalue weighted by atomic mass is 35.5. The number of halogens is 2. The number of hydrogen-bond acceptors (Lipinski definition) is 2. The van der Waals surface area contributed by atoms with Crippen LogP contribution in [0.1, 0.15) is 43.0 Å². The Morgan fingerprint density at radius 1 is 1.22 bits per heavy atom. The third-order valence-electron chi connectivity index (χ3n) is 2.61. The molecule has 0 aliphatic rings. The van der Waals surface area contributed by atoms with Gasteiger partial charge in [-0.25, -0.2) is 0 Å². The fourth-order valence-electron chi connectivity index (χ4n) is 1.59. The number of rotatable bonds is 8. The summed E-state index contributed by atoms with van der Waals surface area (Å²) in [5, 5.41) is 0.902. The van der Waals surface area contributed by atoms with Crippen molar-refractivity contribution in [2.24, 2.45) is 0 Å². The number of unbranched alkanes of at least 4 members (excludes halogenated alkanes) is 3. The molecule has 0 radical (unpaired) electrons. The Morgan fingerprint density at radius 2 is 2.00 bits per heavy atom. The van der Waals surface area contributed by atoms with Gasteiger partial charge in [-0.15, -0.1) is 0 Å². The van der Waals surface area contributed by atoms with Crippen molar-refractivity contribution in [2.75, 3.05) is 13.2 Å². The van der Waals surface area contributed by atoms with Crippen molar-refractivity contribution < 1.29 is 9.53 Å². The molecule has 0 fully saturated rings. The zero-order chi connectivity index (χ0) is 13.4. The molecule has 0 saturated heterocycles. The third kappa shape index (κ3) is 5.38. The van der Waals surface area contributed by atoms with Crippen LogP contribution in [0.4, 0.5) is 0 Å². The average molecular weight is 289 g/mol. The number of hydrogen-bond donors (Lipinski definition) is 0. The van der Waals surface area contributed by atoms with Gasteiger partial charge in [-0.1, -0.05) is 49.4 Å². The van der Waals surface area contributed by atoms with E-state index in [2.05, 4.69) is 6.92 Å². The lowest BCUT2D eigenvalue weighted by atomic mass is 10.1. The summed E-state index contributed by atoms with van der Waals surface area (Å²) in [5.74, 6) is -0.104. The lowest BCUT2D eigenvalue weighted by Crippen LogP contribution is -2.10. The van der Waals surface area contributed by atoms with E-state index in [-0.39, 0.29) is 12.4 Å². The van der Waals surface area contributed by atoms with Gasteiger partial charge < -0.3 is 4.74 Å². The van der Waals surface area contributed by atoms with Crippen molar-refractivity contribution >= 4 is 29.0 Å². The van der Waals surface area contributed by atoms with Crippen LogP contribution < -0.4 is 0 Å². The number of ether oxygens (including phenoxy) is 1. The van der Waals surface area contributed by atoms with Crippen molar-refractivity contribution in [3.05, 3.63) is 33.8 Å². The Hall–Kier alpha value is -0.570. The Balaban J connectivity index is 2.32. The quantitative estimate of drug-likeness (QED) is 0.509. The van der Waals surface area contributed by atoms with Gasteiger partial charge in [0.15, 0.2) is 5.78 Å². The first-order valence-electron chi connectivity index (χ1n) is 6.21. The normalized spacial score (nSPS) is 10.6. The van der Waals surface area contributed by atoms with Gasteiger partial charge in [0.05, 0.1) is 5.02 Å². The van der Waals surface area contributed by atoms with Crippen molar-refractivity contribution in [2.45, 2.75) is 32.6 Å². The number of benzene rings is 1. The highest BCUT2D eigenvalue weighted by Gasteiger charge is 2.10. The molecule has 1 rings (SSSR count). The fraction of sp³-hybridized carbons (Fsp3) is 0.500. The zero-order valence-corrected chi connectivity index (χ0v) is 12.1. The molecule has 1 aromatic rings. The van der Waals surface area contributed by atoms with E-state index in [0.29, 0.717) is 22.2 Å². The minimum absolute atomic E-state index is 0.0769. The minimum atomic E-state index is -0.104. The Bertz CT molecular complexity index is 391. The Kier molecular flexibility index (Phi) is 7.33. The van der Waals surface area contributed by atoms with Crippen molar-refractivity contribution in [1.82, 2.24) is 0 Å². The summed E-state index contributed by atoms with van der Waals surface area (Å²) in [7, 11) is 0. The van der Waals surface area contributed by atoms with Crippen LogP contribution >= 0.6 is 23.2 Å². The molecule has 0 unspecified atom stereocenters. The lowest BCUT2D eigenvalue weighted by Gasteiger charge is -2.05. The van der Waals surface area contributed by atoms with Gasteiger partial charge in [0.25, 0.3) is 0 Å². The molecule has 0 atom stereocenters. The molecule has 0 saturated carbocycles. The van der Waals surface area contributed by atoms with Crippen LogP contribution in [0.15, 0.2) is 18.2 Å². The highest BCUT2D eigenvalue weighted by molar-refractivity contribution is 6.36. The largest absolute Gasteiger partial charge is 0.373 e. The number of ketones is 1. The maximum Gasteiger partial charge on any atom is 0.189 e. The van der Waals surface area contributed by atoms with E-state index >= 15 is 0 Å². The van der Waals surface area contributed by atoms with Crippen LogP contribution in [-0.4, -0.2) is 19.0 Å². The third-order valence-corrected chi connectivity index (χ3v) is 3.15. The Morgan fingerprint density at radius 3 is 2.67 bits per heavy atom. The molecule has 0 heterocycles. The summed E-state index contributed by atoms with van der Waals surface area (Å²) in [6.07, 6.45) is 4.54. The second kappa shape index (κ2) is 8.52. The van der Waals surface area contributed by atoms with Gasteiger partial charge in [-0.05, 0) is 24.6 Å². The number of Topliss-reactive ketones (excluding diaryl/α,β-unsaturated/α-hetero) is 1. The standard InChI is InChI=1S/C14H18Cl2O2/c1-2-3-4-5-8-18-10-14(17)12-7-6-11(15)9-13(12)16/h6-7,9H,2-5,8,10H2,1H3. The summed E-state index contributed by atoms with van der Waals surface area (Å²) < 4.78 is 5.34. The topological polar surface area (TPSA) is 26.3 Å². The molecule has 18 heavy (non-hydrogen) atoms. The van der Waals surface area contributed by atoms with Gasteiger partial charge in [-0.3, -0.25) is 4.79 Å². The molecule has 0 bridgehead atoms. The second-order valence-corrected chi connectivity index (χ2v) is 5.00. The van der Waals surface area contributed by atoms with Gasteiger partial charge in [0, 0.05) is 17.2 Å². The van der Waals surface area contributed by atoms with Crippen LogP contribution in [0.5, 0.6) is 0 Å². The van der Waals surface area contributed by atoms with E-state index < -0.39 is 0 Å². The molecule has 0 amide bonds. The summed E-state index contributed by atoms with van der Waals surface area (Å²) in [6, 6.07) is 4.85. The maximum atomic E-state index is 11.8. The molecule has 0 aromatic heterocycles. The maximum absolute atomic E-state index is 11.8.